The van der Waals surface area contributed by atoms with Gasteiger partial charge in [-0.1, -0.05) is 23.2 Å². The molecule has 0 unspecified atom stereocenters. The Hall–Kier alpha value is -1.65. The molecule has 0 amide bonds. The van der Waals surface area contributed by atoms with Crippen molar-refractivity contribution in [3.05, 3.63) is 46.1 Å². The fourth-order valence-corrected chi connectivity index (χ4v) is 2.09. The van der Waals surface area contributed by atoms with Crippen LogP contribution in [-0.2, 0) is 6.54 Å². The van der Waals surface area contributed by atoms with Crippen molar-refractivity contribution < 1.29 is 9.84 Å². The van der Waals surface area contributed by atoms with Gasteiger partial charge in [0, 0.05) is 23.2 Å². The predicted molar refractivity (Wildman–Crippen MR) is 76.2 cm³/mol. The van der Waals surface area contributed by atoms with Crippen LogP contribution in [0.5, 0.6) is 11.6 Å². The summed E-state index contributed by atoms with van der Waals surface area (Å²) in [5.74, 6) is 0.569. The number of rotatable bonds is 4. The van der Waals surface area contributed by atoms with Crippen molar-refractivity contribution in [1.82, 2.24) is 4.98 Å². The van der Waals surface area contributed by atoms with Gasteiger partial charge in [-0.3, -0.25) is 0 Å². The lowest BCUT2D eigenvalue weighted by molar-refractivity contribution is 0.398. The number of pyridine rings is 1. The molecule has 6 heteroatoms. The second-order valence-corrected chi connectivity index (χ2v) is 4.68. The lowest BCUT2D eigenvalue weighted by Crippen LogP contribution is -2.00. The topological polar surface area (TPSA) is 54.4 Å². The number of halogens is 2. The highest BCUT2D eigenvalue weighted by Crippen LogP contribution is 2.31. The molecule has 0 aliphatic heterocycles. The van der Waals surface area contributed by atoms with Crippen LogP contribution in [0.25, 0.3) is 0 Å². The van der Waals surface area contributed by atoms with Crippen molar-refractivity contribution in [2.75, 3.05) is 12.4 Å². The summed E-state index contributed by atoms with van der Waals surface area (Å²) in [6, 6.07) is 6.73. The monoisotopic (exact) mass is 298 g/mol. The van der Waals surface area contributed by atoms with Gasteiger partial charge in [0.2, 0.25) is 5.88 Å². The minimum Gasteiger partial charge on any atom is -0.506 e. The number of ether oxygens (including phenoxy) is 1. The number of phenolic OH excluding ortho intramolecular Hbond substituents is 1. The van der Waals surface area contributed by atoms with Gasteiger partial charge in [0.1, 0.15) is 5.75 Å². The summed E-state index contributed by atoms with van der Waals surface area (Å²) >= 11 is 11.7. The molecule has 4 nitrogen and oxygen atoms in total. The van der Waals surface area contributed by atoms with Crippen molar-refractivity contribution >= 4 is 28.9 Å². The van der Waals surface area contributed by atoms with Crippen molar-refractivity contribution in [3.63, 3.8) is 0 Å². The van der Waals surface area contributed by atoms with Crippen molar-refractivity contribution in [1.29, 1.82) is 0 Å². The first-order valence-corrected chi connectivity index (χ1v) is 6.26. The highest BCUT2D eigenvalue weighted by atomic mass is 35.5. The maximum atomic E-state index is 9.82. The van der Waals surface area contributed by atoms with Crippen molar-refractivity contribution in [2.45, 2.75) is 6.54 Å². The van der Waals surface area contributed by atoms with E-state index in [1.165, 1.54) is 6.07 Å². The fraction of sp³-hybridized carbons (Fsp3) is 0.154. The smallest absolute Gasteiger partial charge is 0.213 e. The van der Waals surface area contributed by atoms with Crippen LogP contribution < -0.4 is 10.1 Å². The number of hydrogen-bond acceptors (Lipinski definition) is 4. The zero-order valence-electron chi connectivity index (χ0n) is 10.2. The normalized spacial score (nSPS) is 10.3. The molecule has 0 spiro atoms. The molecule has 1 aromatic heterocycles. The lowest BCUT2D eigenvalue weighted by Gasteiger charge is -2.10. The molecule has 0 bridgehead atoms. The first-order valence-electron chi connectivity index (χ1n) is 5.51. The van der Waals surface area contributed by atoms with Crippen LogP contribution in [0.1, 0.15) is 5.56 Å². The van der Waals surface area contributed by atoms with Crippen molar-refractivity contribution in [3.8, 4) is 11.6 Å². The van der Waals surface area contributed by atoms with Crippen LogP contribution in [0, 0.1) is 0 Å². The van der Waals surface area contributed by atoms with Gasteiger partial charge < -0.3 is 15.2 Å². The minimum atomic E-state index is 0.0278. The molecule has 0 saturated carbocycles. The van der Waals surface area contributed by atoms with E-state index in [2.05, 4.69) is 10.3 Å². The number of nitrogens with zero attached hydrogens (tertiary/aromatic N) is 1. The van der Waals surface area contributed by atoms with E-state index in [0.29, 0.717) is 23.0 Å². The van der Waals surface area contributed by atoms with Crippen LogP contribution in [0.15, 0.2) is 30.5 Å². The van der Waals surface area contributed by atoms with Crippen LogP contribution in [0.2, 0.25) is 10.0 Å². The van der Waals surface area contributed by atoms with Gasteiger partial charge in [-0.15, -0.1) is 0 Å². The summed E-state index contributed by atoms with van der Waals surface area (Å²) in [6.07, 6.45) is 1.64. The summed E-state index contributed by atoms with van der Waals surface area (Å²) in [6.45, 7) is 0.389. The molecular formula is C13H12Cl2N2O2. The number of hydrogen-bond donors (Lipinski definition) is 2. The Labute approximate surface area is 121 Å². The maximum absolute atomic E-state index is 9.82. The van der Waals surface area contributed by atoms with Gasteiger partial charge in [0.25, 0.3) is 0 Å². The Morgan fingerprint density at radius 2 is 2.11 bits per heavy atom. The summed E-state index contributed by atoms with van der Waals surface area (Å²) in [4.78, 5) is 4.07. The van der Waals surface area contributed by atoms with Gasteiger partial charge in [-0.2, -0.15) is 0 Å². The molecule has 0 atom stereocenters. The molecule has 0 aliphatic rings. The van der Waals surface area contributed by atoms with E-state index in [-0.39, 0.29) is 10.8 Å². The summed E-state index contributed by atoms with van der Waals surface area (Å²) < 4.78 is 4.97. The van der Waals surface area contributed by atoms with Crippen LogP contribution in [0.3, 0.4) is 0 Å². The van der Waals surface area contributed by atoms with Crippen LogP contribution in [-0.4, -0.2) is 17.2 Å². The molecule has 0 aliphatic carbocycles. The number of nitrogens with one attached hydrogen (secondary N) is 1. The molecule has 0 fully saturated rings. The minimum absolute atomic E-state index is 0.0278. The molecule has 0 saturated heterocycles. The van der Waals surface area contributed by atoms with E-state index in [0.717, 1.165) is 5.69 Å². The van der Waals surface area contributed by atoms with E-state index < -0.39 is 0 Å². The number of aromatic nitrogens is 1. The van der Waals surface area contributed by atoms with Gasteiger partial charge in [-0.05, 0) is 18.2 Å². The molecule has 1 heterocycles. The Morgan fingerprint density at radius 1 is 1.32 bits per heavy atom. The van der Waals surface area contributed by atoms with Gasteiger partial charge in [0.15, 0.2) is 0 Å². The molecule has 19 heavy (non-hydrogen) atoms. The molecule has 2 N–H and O–H groups in total. The highest BCUT2D eigenvalue weighted by Gasteiger charge is 2.07. The predicted octanol–water partition coefficient (Wildman–Crippen LogP) is 3.71. The summed E-state index contributed by atoms with van der Waals surface area (Å²) in [5, 5.41) is 13.6. The Kier molecular flexibility index (Phi) is 4.35. The molecular weight excluding hydrogens is 287 g/mol. The Balaban J connectivity index is 2.09. The first-order chi connectivity index (χ1) is 9.10. The van der Waals surface area contributed by atoms with Crippen LogP contribution in [0.4, 0.5) is 5.69 Å². The SMILES string of the molecule is COc1ccc(NCc2cc(Cl)cc(Cl)c2O)cn1. The average Bonchev–Trinajstić information content (AvgIpc) is 2.41. The van der Waals surface area contributed by atoms with E-state index >= 15 is 0 Å². The lowest BCUT2D eigenvalue weighted by atomic mass is 10.2. The van der Waals surface area contributed by atoms with E-state index in [4.69, 9.17) is 27.9 Å². The maximum Gasteiger partial charge on any atom is 0.213 e. The van der Waals surface area contributed by atoms with Crippen molar-refractivity contribution in [2.24, 2.45) is 0 Å². The zero-order valence-corrected chi connectivity index (χ0v) is 11.7. The van der Waals surface area contributed by atoms with Gasteiger partial charge in [0.05, 0.1) is 24.0 Å². The number of phenols is 1. The molecule has 0 radical (unpaired) electrons. The first kappa shape index (κ1) is 13.8. The third-order valence-electron chi connectivity index (χ3n) is 2.54. The summed E-state index contributed by atoms with van der Waals surface area (Å²) in [7, 11) is 1.56. The molecule has 2 rings (SSSR count). The number of benzene rings is 1. The number of anilines is 1. The third kappa shape index (κ3) is 3.43. The number of methoxy groups -OCH3 is 1. The highest BCUT2D eigenvalue weighted by molar-refractivity contribution is 6.35. The zero-order chi connectivity index (χ0) is 13.8. The second kappa shape index (κ2) is 5.99. The summed E-state index contributed by atoms with van der Waals surface area (Å²) in [5.41, 5.74) is 1.42. The quantitative estimate of drug-likeness (QED) is 0.903. The average molecular weight is 299 g/mol. The van der Waals surface area contributed by atoms with E-state index in [9.17, 15) is 5.11 Å². The standard InChI is InChI=1S/C13H12Cl2N2O2/c1-19-12-3-2-10(7-17-12)16-6-8-4-9(14)5-11(15)13(8)18/h2-5,7,16,18H,6H2,1H3. The largest absolute Gasteiger partial charge is 0.506 e. The van der Waals surface area contributed by atoms with Gasteiger partial charge >= 0.3 is 0 Å². The molecule has 2 aromatic rings. The molecule has 100 valence electrons. The fourth-order valence-electron chi connectivity index (χ4n) is 1.56. The van der Waals surface area contributed by atoms with Gasteiger partial charge in [-0.25, -0.2) is 4.98 Å². The van der Waals surface area contributed by atoms with E-state index in [1.807, 2.05) is 6.07 Å². The Morgan fingerprint density at radius 3 is 2.74 bits per heavy atom. The van der Waals surface area contributed by atoms with E-state index in [1.54, 1.807) is 25.4 Å². The third-order valence-corrected chi connectivity index (χ3v) is 3.04. The van der Waals surface area contributed by atoms with Crippen LogP contribution >= 0.6 is 23.2 Å². The Bertz CT molecular complexity index is 574. The molecule has 1 aromatic carbocycles. The number of aromatic hydroxyl groups is 1. The second-order valence-electron chi connectivity index (χ2n) is 3.84.